The van der Waals surface area contributed by atoms with Crippen molar-refractivity contribution in [3.63, 3.8) is 0 Å². The number of fused-ring (bicyclic) bond motifs is 1. The summed E-state index contributed by atoms with van der Waals surface area (Å²) in [4.78, 5) is 0. The lowest BCUT2D eigenvalue weighted by atomic mass is 9.88. The molecule has 2 atom stereocenters. The fourth-order valence-corrected chi connectivity index (χ4v) is 5.01. The summed E-state index contributed by atoms with van der Waals surface area (Å²) in [5.74, 6) is 1.06. The summed E-state index contributed by atoms with van der Waals surface area (Å²) in [5, 5.41) is -0.602. The van der Waals surface area contributed by atoms with Gasteiger partial charge in [0.1, 0.15) is 10.9 Å². The van der Waals surface area contributed by atoms with Crippen LogP contribution >= 0.6 is 7.60 Å². The van der Waals surface area contributed by atoms with Crippen LogP contribution in [0, 0.1) is 0 Å². The Hall–Kier alpha value is -1.31. The van der Waals surface area contributed by atoms with Gasteiger partial charge in [-0.15, -0.1) is 0 Å². The summed E-state index contributed by atoms with van der Waals surface area (Å²) in [6, 6.07) is 6.20. The van der Waals surface area contributed by atoms with Gasteiger partial charge in [0.15, 0.2) is 0 Å². The van der Waals surface area contributed by atoms with Crippen LogP contribution in [0.25, 0.3) is 0 Å². The van der Waals surface area contributed by atoms with Crippen LogP contribution in [0.5, 0.6) is 5.75 Å². The summed E-state index contributed by atoms with van der Waals surface area (Å²) in [6.45, 7) is 8.20. The number of benzene rings is 1. The fraction of sp³-hybridized carbons (Fsp3) is 0.444. The third-order valence-corrected chi connectivity index (χ3v) is 7.18. The van der Waals surface area contributed by atoms with E-state index < -0.39 is 12.8 Å². The van der Waals surface area contributed by atoms with Crippen LogP contribution in [-0.4, -0.2) is 6.61 Å². The lowest BCUT2D eigenvalue weighted by Crippen LogP contribution is -2.15. The molecule has 0 N–H and O–H groups in total. The lowest BCUT2D eigenvalue weighted by Gasteiger charge is -2.24. The van der Waals surface area contributed by atoms with Gasteiger partial charge in [0, 0.05) is 11.5 Å². The SMILES string of the molecule is CCOP1(=O)Oc2cc(C3C=C(C)C=CC3)ccc2C1(C)C. The minimum atomic E-state index is -3.16. The molecule has 0 aromatic heterocycles. The quantitative estimate of drug-likeness (QED) is 0.687. The van der Waals surface area contributed by atoms with Crippen LogP contribution in [0.1, 0.15) is 51.2 Å². The van der Waals surface area contributed by atoms with Gasteiger partial charge in [-0.1, -0.05) is 35.9 Å². The molecule has 0 saturated heterocycles. The molecule has 1 heterocycles. The van der Waals surface area contributed by atoms with Crippen LogP contribution in [0.3, 0.4) is 0 Å². The first-order valence-electron chi connectivity index (χ1n) is 7.81. The zero-order valence-electron chi connectivity index (χ0n) is 13.6. The van der Waals surface area contributed by atoms with E-state index in [1.54, 1.807) is 0 Å². The minimum Gasteiger partial charge on any atom is -0.423 e. The fourth-order valence-electron chi connectivity index (χ4n) is 3.17. The van der Waals surface area contributed by atoms with E-state index in [1.807, 2.05) is 32.9 Å². The average molecular weight is 318 g/mol. The molecule has 0 amide bonds. The van der Waals surface area contributed by atoms with Gasteiger partial charge in [0.05, 0.1) is 6.61 Å². The molecule has 118 valence electrons. The van der Waals surface area contributed by atoms with Crippen molar-refractivity contribution in [2.45, 2.75) is 45.2 Å². The largest absolute Gasteiger partial charge is 0.423 e. The van der Waals surface area contributed by atoms with Crippen LogP contribution < -0.4 is 4.52 Å². The smallest absolute Gasteiger partial charge is 0.389 e. The topological polar surface area (TPSA) is 35.5 Å². The highest BCUT2D eigenvalue weighted by Gasteiger charge is 2.53. The molecule has 1 aromatic carbocycles. The highest BCUT2D eigenvalue weighted by molar-refractivity contribution is 7.56. The molecular formula is C18H23O3P. The second-order valence-electron chi connectivity index (χ2n) is 6.48. The molecule has 0 spiro atoms. The number of hydrogen-bond donors (Lipinski definition) is 0. The van der Waals surface area contributed by atoms with Crippen molar-refractivity contribution in [1.82, 2.24) is 0 Å². The van der Waals surface area contributed by atoms with Crippen molar-refractivity contribution in [1.29, 1.82) is 0 Å². The second-order valence-corrected chi connectivity index (χ2v) is 9.03. The first kappa shape index (κ1) is 15.6. The Morgan fingerprint density at radius 3 is 2.86 bits per heavy atom. The molecule has 3 nitrogen and oxygen atoms in total. The maximum atomic E-state index is 13.0. The van der Waals surface area contributed by atoms with Crippen molar-refractivity contribution in [3.05, 3.63) is 53.1 Å². The molecule has 4 heteroatoms. The van der Waals surface area contributed by atoms with Gasteiger partial charge < -0.3 is 4.52 Å². The molecule has 3 rings (SSSR count). The number of hydrogen-bond acceptors (Lipinski definition) is 3. The zero-order valence-corrected chi connectivity index (χ0v) is 14.5. The third kappa shape index (κ3) is 2.37. The van der Waals surface area contributed by atoms with Gasteiger partial charge in [-0.05, 0) is 45.7 Å². The number of allylic oxidation sites excluding steroid dienone is 4. The predicted molar refractivity (Wildman–Crippen MR) is 89.6 cm³/mol. The van der Waals surface area contributed by atoms with Crippen molar-refractivity contribution >= 4 is 7.60 Å². The molecule has 1 aliphatic carbocycles. The number of rotatable bonds is 3. The van der Waals surface area contributed by atoms with E-state index in [1.165, 1.54) is 11.1 Å². The third-order valence-electron chi connectivity index (χ3n) is 4.53. The molecule has 2 aliphatic rings. The van der Waals surface area contributed by atoms with Gasteiger partial charge in [0.25, 0.3) is 0 Å². The monoisotopic (exact) mass is 318 g/mol. The Bertz CT molecular complexity index is 700. The maximum absolute atomic E-state index is 13.0. The summed E-state index contributed by atoms with van der Waals surface area (Å²) >= 11 is 0. The normalized spacial score (nSPS) is 28.9. The molecule has 2 unspecified atom stereocenters. The Kier molecular flexibility index (Phi) is 3.82. The van der Waals surface area contributed by atoms with Gasteiger partial charge in [-0.2, -0.15) is 0 Å². The van der Waals surface area contributed by atoms with Crippen LogP contribution in [0.4, 0.5) is 0 Å². The Morgan fingerprint density at radius 2 is 2.18 bits per heavy atom. The van der Waals surface area contributed by atoms with Gasteiger partial charge in [-0.25, -0.2) is 4.57 Å². The van der Waals surface area contributed by atoms with Crippen molar-refractivity contribution in [2.75, 3.05) is 6.61 Å². The van der Waals surface area contributed by atoms with E-state index in [2.05, 4.69) is 31.2 Å². The van der Waals surface area contributed by atoms with Gasteiger partial charge in [0.2, 0.25) is 0 Å². The maximum Gasteiger partial charge on any atom is 0.389 e. The van der Waals surface area contributed by atoms with E-state index >= 15 is 0 Å². The van der Waals surface area contributed by atoms with Gasteiger partial charge in [-0.3, -0.25) is 4.52 Å². The molecule has 22 heavy (non-hydrogen) atoms. The molecule has 1 aromatic rings. The van der Waals surface area contributed by atoms with E-state index in [-0.39, 0.29) is 0 Å². The second kappa shape index (κ2) is 5.40. The van der Waals surface area contributed by atoms with Gasteiger partial charge >= 0.3 is 7.60 Å². The minimum absolute atomic E-state index is 0.356. The standard InChI is InChI=1S/C18H23O3P/c1-5-20-22(19)18(3,4)16-10-9-15(12-17(16)21-22)14-8-6-7-13(2)11-14/h6-7,9-12,14H,5,8H2,1-4H3. The first-order chi connectivity index (χ1) is 10.4. The molecular weight excluding hydrogens is 295 g/mol. The summed E-state index contributed by atoms with van der Waals surface area (Å²) < 4.78 is 24.3. The average Bonchev–Trinajstić information content (AvgIpc) is 2.66. The van der Waals surface area contributed by atoms with Crippen molar-refractivity contribution in [3.8, 4) is 5.75 Å². The van der Waals surface area contributed by atoms with E-state index in [0.717, 1.165) is 12.0 Å². The van der Waals surface area contributed by atoms with Crippen LogP contribution in [0.15, 0.2) is 42.0 Å². The lowest BCUT2D eigenvalue weighted by molar-refractivity contribution is 0.270. The molecule has 1 aliphatic heterocycles. The van der Waals surface area contributed by atoms with E-state index in [9.17, 15) is 4.57 Å². The van der Waals surface area contributed by atoms with E-state index in [4.69, 9.17) is 9.05 Å². The molecule has 0 radical (unpaired) electrons. The highest BCUT2D eigenvalue weighted by atomic mass is 31.2. The first-order valence-corrected chi connectivity index (χ1v) is 9.35. The van der Waals surface area contributed by atoms with Crippen molar-refractivity contribution in [2.24, 2.45) is 0 Å². The van der Waals surface area contributed by atoms with E-state index in [0.29, 0.717) is 18.3 Å². The van der Waals surface area contributed by atoms with Crippen LogP contribution in [-0.2, 0) is 14.2 Å². The molecule has 0 fully saturated rings. The molecule has 0 bridgehead atoms. The molecule has 0 saturated carbocycles. The Labute approximate surface area is 132 Å². The highest BCUT2D eigenvalue weighted by Crippen LogP contribution is 2.70. The van der Waals surface area contributed by atoms with Crippen LogP contribution in [0.2, 0.25) is 0 Å². The Morgan fingerprint density at radius 1 is 1.41 bits per heavy atom. The Balaban J connectivity index is 1.98. The van der Waals surface area contributed by atoms with Crippen molar-refractivity contribution < 1.29 is 13.6 Å². The summed E-state index contributed by atoms with van der Waals surface area (Å²) in [5.41, 5.74) is 3.45. The predicted octanol–water partition coefficient (Wildman–Crippen LogP) is 5.53. The summed E-state index contributed by atoms with van der Waals surface area (Å²) in [7, 11) is -3.16. The summed E-state index contributed by atoms with van der Waals surface area (Å²) in [6.07, 6.45) is 7.60. The zero-order chi connectivity index (χ0) is 16.0.